The van der Waals surface area contributed by atoms with Crippen molar-refractivity contribution in [2.75, 3.05) is 17.7 Å². The predicted molar refractivity (Wildman–Crippen MR) is 132 cm³/mol. The molecule has 2 aromatic heterocycles. The standard InChI is InChI=1S/C25H23N5O4S/c1-15-28-29-25(34-15)35-12-11-33-19-9-10-20-21(14-26)23(30(22(20)13-19)18-3-2-4-18)16-5-7-17(8-6-16)27-24(31)32/h5-10,13,18,27H,2-4,11-12H2,1H3,(H,31,32). The number of ether oxygens (including phenoxy) is 1. The van der Waals surface area contributed by atoms with Crippen LogP contribution in [0, 0.1) is 18.3 Å². The van der Waals surface area contributed by atoms with Crippen LogP contribution in [0.15, 0.2) is 52.1 Å². The molecule has 10 heteroatoms. The second-order valence-electron chi connectivity index (χ2n) is 8.26. The van der Waals surface area contributed by atoms with E-state index in [0.717, 1.165) is 47.2 Å². The largest absolute Gasteiger partial charge is 0.493 e. The van der Waals surface area contributed by atoms with Gasteiger partial charge in [-0.1, -0.05) is 23.9 Å². The summed E-state index contributed by atoms with van der Waals surface area (Å²) in [5.74, 6) is 1.93. The number of nitrogens with one attached hydrogen (secondary N) is 1. The lowest BCUT2D eigenvalue weighted by atomic mass is 9.92. The van der Waals surface area contributed by atoms with Crippen molar-refractivity contribution in [2.24, 2.45) is 0 Å². The smallest absolute Gasteiger partial charge is 0.409 e. The molecule has 2 heterocycles. The van der Waals surface area contributed by atoms with Crippen LogP contribution in [-0.2, 0) is 0 Å². The number of benzene rings is 2. The van der Waals surface area contributed by atoms with E-state index < -0.39 is 6.09 Å². The van der Waals surface area contributed by atoms with E-state index >= 15 is 0 Å². The van der Waals surface area contributed by atoms with Crippen molar-refractivity contribution in [3.63, 3.8) is 0 Å². The monoisotopic (exact) mass is 489 g/mol. The van der Waals surface area contributed by atoms with Gasteiger partial charge in [-0.05, 0) is 49.1 Å². The fourth-order valence-corrected chi connectivity index (χ4v) is 4.88. The van der Waals surface area contributed by atoms with Gasteiger partial charge >= 0.3 is 6.09 Å². The Morgan fingerprint density at radius 3 is 2.71 bits per heavy atom. The van der Waals surface area contributed by atoms with Gasteiger partial charge in [0.1, 0.15) is 11.8 Å². The van der Waals surface area contributed by atoms with Gasteiger partial charge in [0.2, 0.25) is 5.89 Å². The Balaban J connectivity index is 1.45. The molecule has 0 spiro atoms. The molecule has 4 aromatic rings. The van der Waals surface area contributed by atoms with Crippen molar-refractivity contribution in [3.05, 3.63) is 53.9 Å². The van der Waals surface area contributed by atoms with Gasteiger partial charge in [-0.3, -0.25) is 5.32 Å². The van der Waals surface area contributed by atoms with Gasteiger partial charge in [0.25, 0.3) is 5.22 Å². The van der Waals surface area contributed by atoms with Crippen LogP contribution in [0.3, 0.4) is 0 Å². The zero-order chi connectivity index (χ0) is 24.4. The molecule has 0 bridgehead atoms. The van der Waals surface area contributed by atoms with Gasteiger partial charge in [-0.15, -0.1) is 10.2 Å². The van der Waals surface area contributed by atoms with Crippen molar-refractivity contribution in [1.29, 1.82) is 5.26 Å². The minimum absolute atomic E-state index is 0.304. The highest BCUT2D eigenvalue weighted by Crippen LogP contribution is 2.43. The molecule has 9 nitrogen and oxygen atoms in total. The molecule has 2 aromatic carbocycles. The number of aromatic nitrogens is 3. The van der Waals surface area contributed by atoms with Crippen LogP contribution in [0.4, 0.5) is 10.5 Å². The van der Waals surface area contributed by atoms with Gasteiger partial charge in [0, 0.05) is 35.9 Å². The number of hydrogen-bond donors (Lipinski definition) is 2. The number of carbonyl (C=O) groups is 1. The minimum Gasteiger partial charge on any atom is -0.493 e. The molecule has 178 valence electrons. The van der Waals surface area contributed by atoms with Crippen LogP contribution in [0.5, 0.6) is 5.75 Å². The maximum atomic E-state index is 10.9. The average Bonchev–Trinajstić information content (AvgIpc) is 3.36. The lowest BCUT2D eigenvalue weighted by Crippen LogP contribution is -2.18. The van der Waals surface area contributed by atoms with E-state index in [4.69, 9.17) is 14.3 Å². The van der Waals surface area contributed by atoms with E-state index in [1.807, 2.05) is 30.3 Å². The fraction of sp³-hybridized carbons (Fsp3) is 0.280. The second-order valence-corrected chi connectivity index (χ2v) is 9.31. The predicted octanol–water partition coefficient (Wildman–Crippen LogP) is 5.86. The number of amides is 1. The molecule has 0 aliphatic heterocycles. The van der Waals surface area contributed by atoms with E-state index in [0.29, 0.717) is 40.8 Å². The molecule has 0 unspecified atom stereocenters. The van der Waals surface area contributed by atoms with E-state index in [2.05, 4.69) is 26.2 Å². The number of nitrogens with zero attached hydrogens (tertiary/aromatic N) is 4. The van der Waals surface area contributed by atoms with Crippen LogP contribution < -0.4 is 10.1 Å². The van der Waals surface area contributed by atoms with Gasteiger partial charge in [0.15, 0.2) is 0 Å². The zero-order valence-electron chi connectivity index (χ0n) is 19.0. The molecule has 1 amide bonds. The third-order valence-corrected chi connectivity index (χ3v) is 6.80. The third kappa shape index (κ3) is 4.68. The first-order chi connectivity index (χ1) is 17.0. The Kier molecular flexibility index (Phi) is 6.33. The summed E-state index contributed by atoms with van der Waals surface area (Å²) in [6, 6.07) is 15.7. The molecular weight excluding hydrogens is 466 g/mol. The Labute approximate surface area is 205 Å². The number of fused-ring (bicyclic) bond motifs is 1. The third-order valence-electron chi connectivity index (χ3n) is 6.02. The van der Waals surface area contributed by atoms with Crippen LogP contribution in [0.1, 0.15) is 36.8 Å². The summed E-state index contributed by atoms with van der Waals surface area (Å²) in [4.78, 5) is 10.9. The van der Waals surface area contributed by atoms with Crippen molar-refractivity contribution in [2.45, 2.75) is 37.5 Å². The minimum atomic E-state index is -1.11. The van der Waals surface area contributed by atoms with Crippen molar-refractivity contribution >= 4 is 34.4 Å². The number of thioether (sulfide) groups is 1. The molecule has 5 rings (SSSR count). The van der Waals surface area contributed by atoms with Gasteiger partial charge < -0.3 is 18.8 Å². The number of carboxylic acid groups (broad SMARTS) is 1. The Morgan fingerprint density at radius 1 is 1.29 bits per heavy atom. The number of anilines is 1. The highest BCUT2D eigenvalue weighted by molar-refractivity contribution is 7.99. The second kappa shape index (κ2) is 9.72. The maximum absolute atomic E-state index is 10.9. The lowest BCUT2D eigenvalue weighted by molar-refractivity contribution is 0.209. The normalized spacial score (nSPS) is 13.4. The number of hydrogen-bond acceptors (Lipinski definition) is 7. The van der Waals surface area contributed by atoms with E-state index in [9.17, 15) is 10.1 Å². The van der Waals surface area contributed by atoms with Gasteiger partial charge in [-0.2, -0.15) is 5.26 Å². The maximum Gasteiger partial charge on any atom is 0.409 e. The van der Waals surface area contributed by atoms with Gasteiger partial charge in [0.05, 0.1) is 23.4 Å². The highest BCUT2D eigenvalue weighted by atomic mass is 32.2. The van der Waals surface area contributed by atoms with Crippen LogP contribution in [0.25, 0.3) is 22.2 Å². The van der Waals surface area contributed by atoms with Gasteiger partial charge in [-0.25, -0.2) is 4.79 Å². The summed E-state index contributed by atoms with van der Waals surface area (Å²) < 4.78 is 13.6. The topological polar surface area (TPSA) is 126 Å². The molecule has 1 fully saturated rings. The average molecular weight is 490 g/mol. The molecule has 2 N–H and O–H groups in total. The van der Waals surface area contributed by atoms with E-state index in [-0.39, 0.29) is 0 Å². The number of aryl methyl sites for hydroxylation is 1. The summed E-state index contributed by atoms with van der Waals surface area (Å²) >= 11 is 1.44. The fourth-order valence-electron chi connectivity index (χ4n) is 4.26. The highest BCUT2D eigenvalue weighted by Gasteiger charge is 2.28. The Bertz CT molecular complexity index is 1420. The van der Waals surface area contributed by atoms with E-state index in [1.54, 1.807) is 19.1 Å². The quantitative estimate of drug-likeness (QED) is 0.233. The molecule has 0 radical (unpaired) electrons. The van der Waals surface area contributed by atoms with E-state index in [1.165, 1.54) is 11.8 Å². The van der Waals surface area contributed by atoms with Crippen molar-refractivity contribution < 1.29 is 19.1 Å². The first-order valence-electron chi connectivity index (χ1n) is 11.3. The number of rotatable bonds is 8. The molecule has 35 heavy (non-hydrogen) atoms. The van der Waals surface area contributed by atoms with Crippen molar-refractivity contribution in [1.82, 2.24) is 14.8 Å². The molecule has 1 aliphatic rings. The van der Waals surface area contributed by atoms with Crippen LogP contribution in [0.2, 0.25) is 0 Å². The lowest BCUT2D eigenvalue weighted by Gasteiger charge is -2.30. The Hall–Kier alpha value is -3.97. The molecule has 1 aliphatic carbocycles. The summed E-state index contributed by atoms with van der Waals surface area (Å²) in [7, 11) is 0. The molecule has 0 atom stereocenters. The van der Waals surface area contributed by atoms with Crippen molar-refractivity contribution in [3.8, 4) is 23.1 Å². The summed E-state index contributed by atoms with van der Waals surface area (Å²) in [5, 5.41) is 30.6. The summed E-state index contributed by atoms with van der Waals surface area (Å²) in [6.45, 7) is 2.22. The molecular formula is C25H23N5O4S. The summed E-state index contributed by atoms with van der Waals surface area (Å²) in [5.41, 5.74) is 3.78. The van der Waals surface area contributed by atoms with Crippen LogP contribution in [-0.4, -0.2) is 38.3 Å². The first kappa shape index (κ1) is 22.8. The zero-order valence-corrected chi connectivity index (χ0v) is 19.8. The SMILES string of the molecule is Cc1nnc(SCCOc2ccc3c(C#N)c(-c4ccc(NC(=O)O)cc4)n(C4CCC4)c3c2)o1. The molecule has 1 saturated carbocycles. The number of nitriles is 1. The first-order valence-corrected chi connectivity index (χ1v) is 12.3. The summed E-state index contributed by atoms with van der Waals surface area (Å²) in [6.07, 6.45) is 2.13. The Morgan fingerprint density at radius 2 is 2.09 bits per heavy atom. The van der Waals surface area contributed by atoms with Crippen LogP contribution >= 0.6 is 11.8 Å². The molecule has 0 saturated heterocycles.